The molecule has 0 saturated heterocycles. The highest BCUT2D eigenvalue weighted by molar-refractivity contribution is 6.32. The number of hydrogen-bond acceptors (Lipinski definition) is 3. The normalized spacial score (nSPS) is 17.6. The first-order valence-corrected chi connectivity index (χ1v) is 11.5. The molecule has 1 saturated carbocycles. The van der Waals surface area contributed by atoms with Gasteiger partial charge in [0.2, 0.25) is 5.91 Å². The van der Waals surface area contributed by atoms with Crippen LogP contribution in [0.4, 0.5) is 10.1 Å². The summed E-state index contributed by atoms with van der Waals surface area (Å²) in [4.78, 5) is 25.7. The van der Waals surface area contributed by atoms with Crippen molar-refractivity contribution in [1.82, 2.24) is 5.32 Å². The molecule has 0 unspecified atom stereocenters. The van der Waals surface area contributed by atoms with Gasteiger partial charge in [0.1, 0.15) is 11.6 Å². The molecular formula is C24H32ClFN2O3. The van der Waals surface area contributed by atoms with Gasteiger partial charge in [-0.05, 0) is 62.8 Å². The van der Waals surface area contributed by atoms with Gasteiger partial charge in [0.05, 0.1) is 16.8 Å². The third kappa shape index (κ3) is 6.45. The van der Waals surface area contributed by atoms with Crippen molar-refractivity contribution in [3.8, 4) is 5.75 Å². The Morgan fingerprint density at radius 1 is 1.06 bits per heavy atom. The Kier molecular flexibility index (Phi) is 7.63. The summed E-state index contributed by atoms with van der Waals surface area (Å²) in [6.07, 6.45) is 6.84. The molecule has 2 aliphatic rings. The second-order valence-electron chi connectivity index (χ2n) is 9.65. The van der Waals surface area contributed by atoms with E-state index in [2.05, 4.69) is 10.6 Å². The summed E-state index contributed by atoms with van der Waals surface area (Å²) in [5.41, 5.74) is 0.861. The van der Waals surface area contributed by atoms with E-state index in [0.717, 1.165) is 44.6 Å². The Bertz CT molecular complexity index is 870. The molecule has 2 N–H and O–H groups in total. The van der Waals surface area contributed by atoms with Gasteiger partial charge < -0.3 is 15.4 Å². The van der Waals surface area contributed by atoms with Gasteiger partial charge in [0.25, 0.3) is 5.91 Å². The average Bonchev–Trinajstić information content (AvgIpc) is 3.22. The zero-order valence-corrected chi connectivity index (χ0v) is 19.3. The van der Waals surface area contributed by atoms with Gasteiger partial charge in [-0.2, -0.15) is 0 Å². The maximum atomic E-state index is 14.5. The monoisotopic (exact) mass is 450 g/mol. The van der Waals surface area contributed by atoms with Crippen molar-refractivity contribution in [1.29, 1.82) is 0 Å². The molecule has 0 aromatic heterocycles. The first-order chi connectivity index (χ1) is 14.6. The number of carbonyl (C=O) groups is 2. The molecule has 0 bridgehead atoms. The van der Waals surface area contributed by atoms with Gasteiger partial charge in [-0.1, -0.05) is 32.4 Å². The smallest absolute Gasteiger partial charge is 0.252 e. The van der Waals surface area contributed by atoms with Crippen LogP contribution in [0.1, 0.15) is 72.1 Å². The molecule has 31 heavy (non-hydrogen) atoms. The summed E-state index contributed by atoms with van der Waals surface area (Å²) >= 11 is 6.16. The quantitative estimate of drug-likeness (QED) is 0.577. The lowest BCUT2D eigenvalue weighted by Gasteiger charge is -2.23. The molecule has 7 heteroatoms. The molecule has 2 amide bonds. The highest BCUT2D eigenvalue weighted by atomic mass is 35.5. The van der Waals surface area contributed by atoms with Gasteiger partial charge in [-0.3, -0.25) is 9.59 Å². The standard InChI is InChI=1S/C24H32ClFN2O3/c1-24(2,3)14-27-22(29)16-10-6-7-11-17(16)23(30)28-20-13-21(18(25)12-19(20)26)31-15-8-4-5-9-15/h12-13,15H,4-11,14H2,1-3H3,(H,27,29)(H,28,30). The Morgan fingerprint density at radius 3 is 2.29 bits per heavy atom. The number of rotatable bonds is 6. The highest BCUT2D eigenvalue weighted by Gasteiger charge is 2.26. The molecular weight excluding hydrogens is 419 g/mol. The molecule has 5 nitrogen and oxygen atoms in total. The fourth-order valence-corrected chi connectivity index (χ4v) is 4.15. The van der Waals surface area contributed by atoms with E-state index >= 15 is 0 Å². The summed E-state index contributed by atoms with van der Waals surface area (Å²) in [5, 5.41) is 5.74. The Balaban J connectivity index is 1.78. The van der Waals surface area contributed by atoms with Crippen LogP contribution in [0, 0.1) is 11.2 Å². The first kappa shape index (κ1) is 23.6. The Morgan fingerprint density at radius 2 is 1.68 bits per heavy atom. The van der Waals surface area contributed by atoms with Gasteiger partial charge in [-0.25, -0.2) is 4.39 Å². The lowest BCUT2D eigenvalue weighted by Crippen LogP contribution is -2.35. The first-order valence-electron chi connectivity index (χ1n) is 11.1. The van der Waals surface area contributed by atoms with E-state index in [0.29, 0.717) is 36.3 Å². The van der Waals surface area contributed by atoms with Crippen LogP contribution in [0.3, 0.4) is 0 Å². The van der Waals surface area contributed by atoms with Crippen LogP contribution in [0.5, 0.6) is 5.75 Å². The number of benzene rings is 1. The number of ether oxygens (including phenoxy) is 1. The number of amides is 2. The van der Waals surface area contributed by atoms with Crippen molar-refractivity contribution in [3.63, 3.8) is 0 Å². The minimum absolute atomic E-state index is 0.00919. The van der Waals surface area contributed by atoms with Gasteiger partial charge in [0.15, 0.2) is 0 Å². The van der Waals surface area contributed by atoms with E-state index < -0.39 is 11.7 Å². The predicted molar refractivity (Wildman–Crippen MR) is 121 cm³/mol. The van der Waals surface area contributed by atoms with E-state index in [9.17, 15) is 14.0 Å². The fourth-order valence-electron chi connectivity index (χ4n) is 3.96. The SMILES string of the molecule is CC(C)(C)CNC(=O)C1=C(C(=O)Nc2cc(OC3CCCC3)c(Cl)cc2F)CCCC1. The zero-order valence-electron chi connectivity index (χ0n) is 18.6. The number of carbonyl (C=O) groups excluding carboxylic acids is 2. The molecule has 1 aromatic carbocycles. The molecule has 170 valence electrons. The summed E-state index contributed by atoms with van der Waals surface area (Å²) in [5.74, 6) is -0.937. The number of halogens is 2. The minimum Gasteiger partial charge on any atom is -0.489 e. The third-order valence-corrected chi connectivity index (χ3v) is 5.96. The molecule has 1 aromatic rings. The highest BCUT2D eigenvalue weighted by Crippen LogP contribution is 2.34. The summed E-state index contributed by atoms with van der Waals surface area (Å²) in [7, 11) is 0. The van der Waals surface area contributed by atoms with E-state index in [-0.39, 0.29) is 28.1 Å². The van der Waals surface area contributed by atoms with Crippen LogP contribution in [0.2, 0.25) is 5.02 Å². The number of anilines is 1. The van der Waals surface area contributed by atoms with Crippen LogP contribution in [0.25, 0.3) is 0 Å². The van der Waals surface area contributed by atoms with Gasteiger partial charge in [-0.15, -0.1) is 0 Å². The lowest BCUT2D eigenvalue weighted by molar-refractivity contribution is -0.119. The van der Waals surface area contributed by atoms with Crippen molar-refractivity contribution in [2.75, 3.05) is 11.9 Å². The largest absolute Gasteiger partial charge is 0.489 e. The van der Waals surface area contributed by atoms with E-state index in [4.69, 9.17) is 16.3 Å². The maximum Gasteiger partial charge on any atom is 0.252 e. The van der Waals surface area contributed by atoms with Gasteiger partial charge in [0, 0.05) is 23.8 Å². The molecule has 0 radical (unpaired) electrons. The summed E-state index contributed by atoms with van der Waals surface area (Å²) < 4.78 is 20.5. The van der Waals surface area contributed by atoms with Crippen LogP contribution in [-0.2, 0) is 9.59 Å². The van der Waals surface area contributed by atoms with E-state index in [1.165, 1.54) is 6.07 Å². The summed E-state index contributed by atoms with van der Waals surface area (Å²) in [6.45, 7) is 6.61. The van der Waals surface area contributed by atoms with Crippen molar-refractivity contribution < 1.29 is 18.7 Å². The van der Waals surface area contributed by atoms with Crippen molar-refractivity contribution in [2.45, 2.75) is 78.2 Å². The molecule has 3 rings (SSSR count). The molecule has 0 atom stereocenters. The van der Waals surface area contributed by atoms with Crippen LogP contribution in [-0.4, -0.2) is 24.5 Å². The number of nitrogens with one attached hydrogen (secondary N) is 2. The van der Waals surface area contributed by atoms with Crippen LogP contribution >= 0.6 is 11.6 Å². The average molecular weight is 451 g/mol. The minimum atomic E-state index is -0.632. The zero-order chi connectivity index (χ0) is 22.6. The molecule has 0 heterocycles. The Hall–Kier alpha value is -2.08. The molecule has 0 spiro atoms. The topological polar surface area (TPSA) is 67.4 Å². The van der Waals surface area contributed by atoms with Gasteiger partial charge >= 0.3 is 0 Å². The maximum absolute atomic E-state index is 14.5. The molecule has 0 aliphatic heterocycles. The van der Waals surface area contributed by atoms with Crippen LogP contribution in [0.15, 0.2) is 23.3 Å². The fraction of sp³-hybridized carbons (Fsp3) is 0.583. The van der Waals surface area contributed by atoms with Crippen molar-refractivity contribution in [3.05, 3.63) is 34.1 Å². The molecule has 2 aliphatic carbocycles. The van der Waals surface area contributed by atoms with E-state index in [1.54, 1.807) is 0 Å². The molecule has 1 fully saturated rings. The van der Waals surface area contributed by atoms with Crippen molar-refractivity contribution in [2.24, 2.45) is 5.41 Å². The Labute approximate surface area is 188 Å². The van der Waals surface area contributed by atoms with E-state index in [1.807, 2.05) is 20.8 Å². The predicted octanol–water partition coefficient (Wildman–Crippen LogP) is 5.77. The summed E-state index contributed by atoms with van der Waals surface area (Å²) in [6, 6.07) is 2.60. The van der Waals surface area contributed by atoms with Crippen LogP contribution < -0.4 is 15.4 Å². The number of hydrogen-bond donors (Lipinski definition) is 2. The second kappa shape index (κ2) is 10.0. The lowest BCUT2D eigenvalue weighted by atomic mass is 9.90. The second-order valence-corrected chi connectivity index (χ2v) is 10.1. The third-order valence-electron chi connectivity index (χ3n) is 5.66. The van der Waals surface area contributed by atoms with Crippen molar-refractivity contribution >= 4 is 29.1 Å².